The number of nitrogens with zero attached hydrogens (tertiary/aromatic N) is 1. The van der Waals surface area contributed by atoms with Gasteiger partial charge in [0.05, 0.1) is 5.56 Å². The highest BCUT2D eigenvalue weighted by Gasteiger charge is 2.29. The van der Waals surface area contributed by atoms with Gasteiger partial charge in [-0.05, 0) is 62.2 Å². The van der Waals surface area contributed by atoms with Crippen molar-refractivity contribution in [2.45, 2.75) is 33.0 Å². The molecule has 0 unspecified atom stereocenters. The molecule has 8 heteroatoms. The number of ether oxygens (including phenoxy) is 2. The molecule has 6 nitrogen and oxygen atoms in total. The molecule has 4 rings (SSSR count). The highest BCUT2D eigenvalue weighted by molar-refractivity contribution is 6.09. The molecule has 1 amide bonds. The highest BCUT2D eigenvalue weighted by Crippen LogP contribution is 2.30. The van der Waals surface area contributed by atoms with Crippen molar-refractivity contribution in [3.8, 4) is 11.1 Å². The van der Waals surface area contributed by atoms with Crippen LogP contribution < -0.4 is 4.90 Å². The van der Waals surface area contributed by atoms with Crippen molar-refractivity contribution in [3.05, 3.63) is 89.0 Å². The van der Waals surface area contributed by atoms with Crippen LogP contribution in [0.1, 0.15) is 47.1 Å². The van der Waals surface area contributed by atoms with E-state index in [1.807, 2.05) is 0 Å². The molecule has 0 radical (unpaired) electrons. The summed E-state index contributed by atoms with van der Waals surface area (Å²) in [5.41, 5.74) is 1.14. The number of cyclic esters (lactones) is 1. The van der Waals surface area contributed by atoms with Gasteiger partial charge in [0.2, 0.25) is 0 Å². The van der Waals surface area contributed by atoms with E-state index in [1.165, 1.54) is 0 Å². The number of benzene rings is 3. The predicted octanol–water partition coefficient (Wildman–Crippen LogP) is 5.29. The fraction of sp³-hybridized carbons (Fsp3) is 0.222. The van der Waals surface area contributed by atoms with Gasteiger partial charge in [0.25, 0.3) is 5.91 Å². The molecule has 0 fully saturated rings. The van der Waals surface area contributed by atoms with Gasteiger partial charge in [-0.15, -0.1) is 0 Å². The number of esters is 2. The Morgan fingerprint density at radius 3 is 2.31 bits per heavy atom. The molecule has 1 aliphatic rings. The summed E-state index contributed by atoms with van der Waals surface area (Å²) in [7, 11) is 0. The fourth-order valence-electron chi connectivity index (χ4n) is 3.77. The van der Waals surface area contributed by atoms with Gasteiger partial charge < -0.3 is 9.47 Å². The third-order valence-corrected chi connectivity index (χ3v) is 5.31. The summed E-state index contributed by atoms with van der Waals surface area (Å²) < 4.78 is 39.3. The van der Waals surface area contributed by atoms with Crippen molar-refractivity contribution in [1.29, 1.82) is 0 Å². The van der Waals surface area contributed by atoms with Crippen LogP contribution in [-0.4, -0.2) is 30.0 Å². The number of fused-ring (bicyclic) bond motifs is 1. The number of carbonyl (C=O) groups excluding carboxylic acids is 3. The van der Waals surface area contributed by atoms with Crippen LogP contribution >= 0.6 is 0 Å². The minimum absolute atomic E-state index is 0.209. The quantitative estimate of drug-likeness (QED) is 0.465. The molecule has 1 heterocycles. The van der Waals surface area contributed by atoms with E-state index in [9.17, 15) is 23.2 Å². The lowest BCUT2D eigenvalue weighted by molar-refractivity contribution is -0.152. The zero-order chi connectivity index (χ0) is 25.3. The summed E-state index contributed by atoms with van der Waals surface area (Å²) in [6.07, 6.45) is 0. The standard InChI is InChI=1S/C27H23F2NO5/c1-27(2,3)35-23(31)14-30(25(32)24-21(28)8-5-9-22(24)29)19-7-4-6-16(12-19)17-10-11-18-15-34-26(33)20(18)13-17/h4-13H,14-15H2,1-3H3. The normalized spacial score (nSPS) is 12.7. The predicted molar refractivity (Wildman–Crippen MR) is 125 cm³/mol. The van der Waals surface area contributed by atoms with Crippen LogP contribution in [0.5, 0.6) is 0 Å². The van der Waals surface area contributed by atoms with Gasteiger partial charge in [0.15, 0.2) is 0 Å². The molecule has 0 N–H and O–H groups in total. The fourth-order valence-corrected chi connectivity index (χ4v) is 3.77. The first kappa shape index (κ1) is 24.1. The van der Waals surface area contributed by atoms with Gasteiger partial charge in [-0.3, -0.25) is 14.5 Å². The monoisotopic (exact) mass is 479 g/mol. The number of hydrogen-bond donors (Lipinski definition) is 0. The van der Waals surface area contributed by atoms with Gasteiger partial charge >= 0.3 is 11.9 Å². The Morgan fingerprint density at radius 2 is 1.63 bits per heavy atom. The van der Waals surface area contributed by atoms with Gasteiger partial charge in [-0.2, -0.15) is 0 Å². The first-order valence-corrected chi connectivity index (χ1v) is 10.9. The largest absolute Gasteiger partial charge is 0.459 e. The maximum absolute atomic E-state index is 14.4. The molecule has 0 saturated carbocycles. The Bertz CT molecular complexity index is 1310. The zero-order valence-electron chi connectivity index (χ0n) is 19.4. The smallest absolute Gasteiger partial charge is 0.338 e. The first-order valence-electron chi connectivity index (χ1n) is 10.9. The molecule has 0 atom stereocenters. The second-order valence-electron chi connectivity index (χ2n) is 9.07. The Kier molecular flexibility index (Phi) is 6.39. The van der Waals surface area contributed by atoms with E-state index < -0.39 is 47.2 Å². The van der Waals surface area contributed by atoms with Gasteiger partial charge in [0, 0.05) is 11.3 Å². The van der Waals surface area contributed by atoms with Crippen molar-refractivity contribution >= 4 is 23.5 Å². The van der Waals surface area contributed by atoms with E-state index in [4.69, 9.17) is 9.47 Å². The van der Waals surface area contributed by atoms with Crippen molar-refractivity contribution in [2.24, 2.45) is 0 Å². The lowest BCUT2D eigenvalue weighted by Crippen LogP contribution is -2.39. The van der Waals surface area contributed by atoms with Crippen molar-refractivity contribution in [1.82, 2.24) is 0 Å². The molecule has 0 bridgehead atoms. The van der Waals surface area contributed by atoms with Crippen LogP contribution in [0.3, 0.4) is 0 Å². The maximum atomic E-state index is 14.4. The molecule has 3 aromatic carbocycles. The second-order valence-corrected chi connectivity index (χ2v) is 9.07. The molecule has 0 saturated heterocycles. The number of anilines is 1. The lowest BCUT2D eigenvalue weighted by atomic mass is 9.99. The summed E-state index contributed by atoms with van der Waals surface area (Å²) in [6, 6.07) is 14.9. The molecule has 0 aromatic heterocycles. The molecule has 35 heavy (non-hydrogen) atoms. The van der Waals surface area contributed by atoms with Crippen LogP contribution in [0.2, 0.25) is 0 Å². The average molecular weight is 479 g/mol. The number of carbonyl (C=O) groups is 3. The third-order valence-electron chi connectivity index (χ3n) is 5.31. The molecular formula is C27H23F2NO5. The maximum Gasteiger partial charge on any atom is 0.338 e. The third kappa shape index (κ3) is 5.21. The van der Waals surface area contributed by atoms with Crippen molar-refractivity contribution in [2.75, 3.05) is 11.4 Å². The lowest BCUT2D eigenvalue weighted by Gasteiger charge is -2.26. The van der Waals surface area contributed by atoms with Crippen LogP contribution in [0.25, 0.3) is 11.1 Å². The minimum Gasteiger partial charge on any atom is -0.459 e. The number of hydrogen-bond acceptors (Lipinski definition) is 5. The number of rotatable bonds is 5. The Morgan fingerprint density at radius 1 is 0.971 bits per heavy atom. The number of halogens is 2. The Balaban J connectivity index is 1.75. The van der Waals surface area contributed by atoms with E-state index >= 15 is 0 Å². The first-order chi connectivity index (χ1) is 16.5. The van der Waals surface area contributed by atoms with Crippen molar-refractivity contribution < 1.29 is 32.6 Å². The van der Waals surface area contributed by atoms with E-state index in [2.05, 4.69) is 0 Å². The SMILES string of the molecule is CC(C)(C)OC(=O)CN(C(=O)c1c(F)cccc1F)c1cccc(-c2ccc3c(c2)C(=O)OC3)c1. The summed E-state index contributed by atoms with van der Waals surface area (Å²) >= 11 is 0. The Labute approximate surface area is 201 Å². The van der Waals surface area contributed by atoms with Crippen molar-refractivity contribution in [3.63, 3.8) is 0 Å². The highest BCUT2D eigenvalue weighted by atomic mass is 19.1. The van der Waals surface area contributed by atoms with Gasteiger partial charge in [-0.25, -0.2) is 13.6 Å². The molecule has 3 aromatic rings. The van der Waals surface area contributed by atoms with Crippen LogP contribution in [-0.2, 0) is 20.9 Å². The van der Waals surface area contributed by atoms with E-state index in [0.717, 1.165) is 28.7 Å². The number of amides is 1. The van der Waals surface area contributed by atoms with Crippen LogP contribution in [0.15, 0.2) is 60.7 Å². The summed E-state index contributed by atoms with van der Waals surface area (Å²) in [6.45, 7) is 4.66. The molecular weight excluding hydrogens is 456 g/mol. The molecule has 0 aliphatic carbocycles. The van der Waals surface area contributed by atoms with E-state index in [-0.39, 0.29) is 12.3 Å². The van der Waals surface area contributed by atoms with Crippen LogP contribution in [0.4, 0.5) is 14.5 Å². The summed E-state index contributed by atoms with van der Waals surface area (Å²) in [4.78, 5) is 38.9. The zero-order valence-corrected chi connectivity index (χ0v) is 19.4. The summed E-state index contributed by atoms with van der Waals surface area (Å²) in [5.74, 6) is -4.28. The van der Waals surface area contributed by atoms with Crippen LogP contribution in [0, 0.1) is 11.6 Å². The topological polar surface area (TPSA) is 72.9 Å². The minimum atomic E-state index is -1.04. The molecule has 1 aliphatic heterocycles. The van der Waals surface area contributed by atoms with Gasteiger partial charge in [0.1, 0.15) is 36.0 Å². The van der Waals surface area contributed by atoms with Gasteiger partial charge in [-0.1, -0.05) is 30.3 Å². The second kappa shape index (κ2) is 9.29. The molecule has 0 spiro atoms. The average Bonchev–Trinajstić information content (AvgIpc) is 3.16. The van der Waals surface area contributed by atoms with E-state index in [1.54, 1.807) is 63.2 Å². The molecule has 180 valence electrons. The van der Waals surface area contributed by atoms with E-state index in [0.29, 0.717) is 16.7 Å². The summed E-state index contributed by atoms with van der Waals surface area (Å²) in [5, 5.41) is 0. The Hall–Kier alpha value is -4.07.